The van der Waals surface area contributed by atoms with Gasteiger partial charge in [-0.05, 0) is 5.56 Å². The van der Waals surface area contributed by atoms with Crippen molar-refractivity contribution < 1.29 is 33.4 Å². The molecule has 1 aromatic carbocycles. The van der Waals surface area contributed by atoms with Crippen LogP contribution in [0, 0.1) is 5.92 Å². The molecule has 0 fully saturated rings. The van der Waals surface area contributed by atoms with Gasteiger partial charge >= 0.3 is 17.9 Å². The van der Waals surface area contributed by atoms with Crippen LogP contribution in [-0.2, 0) is 39.8 Å². The highest BCUT2D eigenvalue weighted by Crippen LogP contribution is 2.15. The Hall–Kier alpha value is -2.90. The van der Waals surface area contributed by atoms with Crippen LogP contribution in [0.5, 0.6) is 0 Å². The second-order valence-corrected chi connectivity index (χ2v) is 5.14. The molecule has 0 unspecified atom stereocenters. The van der Waals surface area contributed by atoms with E-state index >= 15 is 0 Å². The first-order valence-corrected chi connectivity index (χ1v) is 7.48. The van der Waals surface area contributed by atoms with E-state index in [-0.39, 0.29) is 6.42 Å². The Morgan fingerprint density at radius 3 is 2.04 bits per heavy atom. The fourth-order valence-electron chi connectivity index (χ4n) is 2.21. The first-order chi connectivity index (χ1) is 11.9. The molecule has 1 N–H and O–H groups in total. The van der Waals surface area contributed by atoms with Crippen molar-refractivity contribution >= 4 is 23.8 Å². The molecule has 136 valence electrons. The van der Waals surface area contributed by atoms with Gasteiger partial charge in [-0.3, -0.25) is 14.4 Å². The van der Waals surface area contributed by atoms with Gasteiger partial charge in [-0.1, -0.05) is 30.3 Å². The number of benzene rings is 1. The summed E-state index contributed by atoms with van der Waals surface area (Å²) in [4.78, 5) is 47.8. The van der Waals surface area contributed by atoms with E-state index in [1.54, 1.807) is 24.3 Å². The van der Waals surface area contributed by atoms with E-state index in [4.69, 9.17) is 0 Å². The Bertz CT molecular complexity index is 615. The predicted octanol–water partition coefficient (Wildman–Crippen LogP) is 0.239. The molecule has 0 heterocycles. The van der Waals surface area contributed by atoms with Gasteiger partial charge < -0.3 is 19.5 Å². The largest absolute Gasteiger partial charge is 0.469 e. The van der Waals surface area contributed by atoms with E-state index in [1.165, 1.54) is 0 Å². The monoisotopic (exact) mass is 351 g/mol. The number of carbonyl (C=O) groups excluding carboxylic acids is 4. The highest BCUT2D eigenvalue weighted by atomic mass is 16.5. The summed E-state index contributed by atoms with van der Waals surface area (Å²) in [6.45, 7) is 0. The molecule has 8 heteroatoms. The molecule has 8 nitrogen and oxygen atoms in total. The molecule has 0 aromatic heterocycles. The van der Waals surface area contributed by atoms with Gasteiger partial charge in [0.25, 0.3) is 0 Å². The maximum absolute atomic E-state index is 12.2. The van der Waals surface area contributed by atoms with Crippen LogP contribution in [0.1, 0.15) is 12.0 Å². The number of methoxy groups -OCH3 is 3. The maximum atomic E-state index is 12.2. The number of esters is 3. The molecule has 0 bridgehead atoms. The second kappa shape index (κ2) is 10.1. The second-order valence-electron chi connectivity index (χ2n) is 5.14. The zero-order valence-corrected chi connectivity index (χ0v) is 14.3. The van der Waals surface area contributed by atoms with Gasteiger partial charge in [-0.25, -0.2) is 4.79 Å². The van der Waals surface area contributed by atoms with Gasteiger partial charge in [-0.15, -0.1) is 0 Å². The van der Waals surface area contributed by atoms with Crippen LogP contribution in [0.2, 0.25) is 0 Å². The number of amides is 1. The van der Waals surface area contributed by atoms with E-state index in [9.17, 15) is 19.2 Å². The average Bonchev–Trinajstić information content (AvgIpc) is 2.63. The minimum absolute atomic E-state index is 0.000448. The topological polar surface area (TPSA) is 108 Å². The number of nitrogens with one attached hydrogen (secondary N) is 1. The standard InChI is InChI=1S/C17H21NO7/c1-23-14(20)10-12(16(21)24-2)15(17(22)25-3)18-13(19)9-11-7-5-4-6-8-11/h4-8,12,15H,9-10H2,1-3H3,(H,18,19)/t12-,15+/m1/s1. The predicted molar refractivity (Wildman–Crippen MR) is 86.2 cm³/mol. The summed E-state index contributed by atoms with van der Waals surface area (Å²) >= 11 is 0. The molecule has 2 atom stereocenters. The van der Waals surface area contributed by atoms with Crippen molar-refractivity contribution in [3.63, 3.8) is 0 Å². The van der Waals surface area contributed by atoms with Gasteiger partial charge in [0.1, 0.15) is 6.04 Å². The normalized spacial score (nSPS) is 12.4. The molecular weight excluding hydrogens is 330 g/mol. The quantitative estimate of drug-likeness (QED) is 0.528. The number of rotatable bonds is 8. The zero-order chi connectivity index (χ0) is 18.8. The van der Waals surface area contributed by atoms with Gasteiger partial charge in [0.15, 0.2) is 0 Å². The molecule has 1 aromatic rings. The van der Waals surface area contributed by atoms with Crippen molar-refractivity contribution in [1.82, 2.24) is 5.32 Å². The van der Waals surface area contributed by atoms with Crippen LogP contribution in [0.25, 0.3) is 0 Å². The molecule has 1 amide bonds. The lowest BCUT2D eigenvalue weighted by Crippen LogP contribution is -2.50. The SMILES string of the molecule is COC(=O)C[C@@H](C(=O)OC)[C@H](NC(=O)Cc1ccccc1)C(=O)OC. The average molecular weight is 351 g/mol. The van der Waals surface area contributed by atoms with Crippen LogP contribution < -0.4 is 5.32 Å². The Morgan fingerprint density at radius 2 is 1.52 bits per heavy atom. The van der Waals surface area contributed by atoms with Crippen molar-refractivity contribution in [2.45, 2.75) is 18.9 Å². The van der Waals surface area contributed by atoms with Crippen molar-refractivity contribution in [2.75, 3.05) is 21.3 Å². The molecule has 1 rings (SSSR count). The van der Waals surface area contributed by atoms with Gasteiger partial charge in [0.2, 0.25) is 5.91 Å². The third-order valence-electron chi connectivity index (χ3n) is 3.50. The summed E-state index contributed by atoms with van der Waals surface area (Å²) in [5.41, 5.74) is 0.728. The highest BCUT2D eigenvalue weighted by molar-refractivity contribution is 5.91. The van der Waals surface area contributed by atoms with E-state index in [0.29, 0.717) is 0 Å². The smallest absolute Gasteiger partial charge is 0.329 e. The van der Waals surface area contributed by atoms with Crippen LogP contribution in [0.3, 0.4) is 0 Å². The molecule has 0 saturated heterocycles. The minimum atomic E-state index is -1.37. The van der Waals surface area contributed by atoms with Gasteiger partial charge in [-0.2, -0.15) is 0 Å². The Balaban J connectivity index is 2.95. The number of hydrogen-bond donors (Lipinski definition) is 1. The maximum Gasteiger partial charge on any atom is 0.329 e. The van der Waals surface area contributed by atoms with E-state index in [2.05, 4.69) is 19.5 Å². The number of hydrogen-bond acceptors (Lipinski definition) is 7. The minimum Gasteiger partial charge on any atom is -0.469 e. The summed E-state index contributed by atoms with van der Waals surface area (Å²) < 4.78 is 13.8. The lowest BCUT2D eigenvalue weighted by molar-refractivity contribution is -0.159. The first kappa shape index (κ1) is 20.1. The molecule has 0 aliphatic rings. The molecule has 0 radical (unpaired) electrons. The fourth-order valence-corrected chi connectivity index (χ4v) is 2.21. The summed E-state index contributed by atoms with van der Waals surface area (Å²) in [5, 5.41) is 2.44. The Kier molecular flexibility index (Phi) is 8.11. The highest BCUT2D eigenvalue weighted by Gasteiger charge is 2.38. The van der Waals surface area contributed by atoms with Gasteiger partial charge in [0, 0.05) is 0 Å². The van der Waals surface area contributed by atoms with Crippen molar-refractivity contribution in [2.24, 2.45) is 5.92 Å². The van der Waals surface area contributed by atoms with E-state index < -0.39 is 42.2 Å². The third-order valence-corrected chi connectivity index (χ3v) is 3.50. The summed E-state index contributed by atoms with van der Waals surface area (Å²) in [6, 6.07) is 7.48. The van der Waals surface area contributed by atoms with Crippen LogP contribution in [-0.4, -0.2) is 51.2 Å². The van der Waals surface area contributed by atoms with Crippen LogP contribution >= 0.6 is 0 Å². The molecule has 0 aliphatic heterocycles. The summed E-state index contributed by atoms with van der Waals surface area (Å²) in [5.74, 6) is -4.17. The molecule has 0 aliphatic carbocycles. The lowest BCUT2D eigenvalue weighted by Gasteiger charge is -2.23. The van der Waals surface area contributed by atoms with E-state index in [0.717, 1.165) is 26.9 Å². The summed E-state index contributed by atoms with van der Waals surface area (Å²) in [7, 11) is 3.38. The van der Waals surface area contributed by atoms with Crippen LogP contribution in [0.15, 0.2) is 30.3 Å². The summed E-state index contributed by atoms with van der Waals surface area (Å²) in [6.07, 6.45) is -0.436. The molecule has 25 heavy (non-hydrogen) atoms. The fraction of sp³-hybridized carbons (Fsp3) is 0.412. The first-order valence-electron chi connectivity index (χ1n) is 7.48. The Morgan fingerprint density at radius 1 is 0.920 bits per heavy atom. The lowest BCUT2D eigenvalue weighted by atomic mass is 9.95. The van der Waals surface area contributed by atoms with Crippen LogP contribution in [0.4, 0.5) is 0 Å². The zero-order valence-electron chi connectivity index (χ0n) is 14.3. The van der Waals surface area contributed by atoms with Crippen molar-refractivity contribution in [1.29, 1.82) is 0 Å². The van der Waals surface area contributed by atoms with Crippen molar-refractivity contribution in [3.8, 4) is 0 Å². The molecule has 0 saturated carbocycles. The third kappa shape index (κ3) is 6.25. The van der Waals surface area contributed by atoms with Gasteiger partial charge in [0.05, 0.1) is 40.1 Å². The molecular formula is C17H21NO7. The number of ether oxygens (including phenoxy) is 3. The Labute approximate surface area is 145 Å². The number of carbonyl (C=O) groups is 4. The van der Waals surface area contributed by atoms with E-state index in [1.807, 2.05) is 6.07 Å². The molecule has 0 spiro atoms. The van der Waals surface area contributed by atoms with Crippen molar-refractivity contribution in [3.05, 3.63) is 35.9 Å².